The highest BCUT2D eigenvalue weighted by molar-refractivity contribution is 5.95. The monoisotopic (exact) mass is 337 g/mol. The van der Waals surface area contributed by atoms with E-state index in [-0.39, 0.29) is 18.4 Å². The molecule has 0 radical (unpaired) electrons. The molecule has 1 aliphatic rings. The average Bonchev–Trinajstić information content (AvgIpc) is 2.82. The van der Waals surface area contributed by atoms with Crippen LogP contribution in [0.15, 0.2) is 42.7 Å². The van der Waals surface area contributed by atoms with Gasteiger partial charge in [-0.2, -0.15) is 0 Å². The van der Waals surface area contributed by atoms with Crippen molar-refractivity contribution in [1.82, 2.24) is 9.88 Å². The summed E-state index contributed by atoms with van der Waals surface area (Å²) >= 11 is 0. The molecule has 1 aromatic heterocycles. The number of hydrogen-bond acceptors (Lipinski definition) is 3. The zero-order valence-corrected chi connectivity index (χ0v) is 14.5. The molecule has 5 nitrogen and oxygen atoms in total. The Morgan fingerprint density at radius 2 is 1.92 bits per heavy atom. The number of carbonyl (C=O) groups excluding carboxylic acids is 2. The third-order valence-corrected chi connectivity index (χ3v) is 4.53. The normalized spacial score (nSPS) is 14.9. The second-order valence-electron chi connectivity index (χ2n) is 6.44. The van der Waals surface area contributed by atoms with Crippen LogP contribution in [0.25, 0.3) is 11.1 Å². The fourth-order valence-corrected chi connectivity index (χ4v) is 3.05. The Balaban J connectivity index is 1.71. The molecular weight excluding hydrogens is 314 g/mol. The zero-order valence-electron chi connectivity index (χ0n) is 14.5. The number of nitrogens with one attached hydrogen (secondary N) is 1. The largest absolute Gasteiger partial charge is 0.333 e. The molecule has 1 aromatic carbocycles. The lowest BCUT2D eigenvalue weighted by molar-refractivity contribution is -0.134. The molecule has 1 fully saturated rings. The molecule has 5 heteroatoms. The van der Waals surface area contributed by atoms with Gasteiger partial charge in [-0.05, 0) is 54.7 Å². The topological polar surface area (TPSA) is 62.3 Å². The van der Waals surface area contributed by atoms with Gasteiger partial charge in [-0.15, -0.1) is 0 Å². The highest BCUT2D eigenvalue weighted by Crippen LogP contribution is 2.25. The van der Waals surface area contributed by atoms with Crippen molar-refractivity contribution in [2.24, 2.45) is 0 Å². The first-order valence-electron chi connectivity index (χ1n) is 8.72. The first-order valence-corrected chi connectivity index (χ1v) is 8.72. The molecule has 3 rings (SSSR count). The van der Waals surface area contributed by atoms with Crippen molar-refractivity contribution in [3.05, 3.63) is 48.3 Å². The number of carbonyl (C=O) groups is 2. The Labute approximate surface area is 148 Å². The molecule has 25 heavy (non-hydrogen) atoms. The molecule has 2 heterocycles. The molecule has 1 aliphatic heterocycles. The van der Waals surface area contributed by atoms with Crippen LogP contribution in [0.4, 0.5) is 5.69 Å². The van der Waals surface area contributed by atoms with Gasteiger partial charge >= 0.3 is 0 Å². The van der Waals surface area contributed by atoms with Crippen molar-refractivity contribution < 1.29 is 9.59 Å². The summed E-state index contributed by atoms with van der Waals surface area (Å²) in [6.07, 6.45) is 6.98. The summed E-state index contributed by atoms with van der Waals surface area (Å²) in [6, 6.07) is 9.85. The molecule has 130 valence electrons. The SMILES string of the molecule is Cc1ccc(-c2ccncc2)cc1NC(=O)CN1CCCCCC1=O. The number of likely N-dealkylation sites (tertiary alicyclic amines) is 1. The average molecular weight is 337 g/mol. The van der Waals surface area contributed by atoms with Crippen molar-refractivity contribution in [3.63, 3.8) is 0 Å². The van der Waals surface area contributed by atoms with E-state index < -0.39 is 0 Å². The van der Waals surface area contributed by atoms with E-state index in [0.717, 1.165) is 41.6 Å². The lowest BCUT2D eigenvalue weighted by atomic mass is 10.0. The molecule has 1 N–H and O–H groups in total. The van der Waals surface area contributed by atoms with E-state index in [2.05, 4.69) is 10.3 Å². The lowest BCUT2D eigenvalue weighted by Gasteiger charge is -2.20. The Kier molecular flexibility index (Phi) is 5.43. The summed E-state index contributed by atoms with van der Waals surface area (Å²) < 4.78 is 0. The number of benzene rings is 1. The first kappa shape index (κ1) is 17.1. The third-order valence-electron chi connectivity index (χ3n) is 4.53. The van der Waals surface area contributed by atoms with E-state index in [1.807, 2.05) is 37.3 Å². The maximum atomic E-state index is 12.4. The number of anilines is 1. The van der Waals surface area contributed by atoms with Crippen LogP contribution in [0.3, 0.4) is 0 Å². The van der Waals surface area contributed by atoms with Crippen LogP contribution in [0.5, 0.6) is 0 Å². The maximum Gasteiger partial charge on any atom is 0.244 e. The maximum absolute atomic E-state index is 12.4. The van der Waals surface area contributed by atoms with Gasteiger partial charge in [0.05, 0.1) is 6.54 Å². The molecule has 0 saturated carbocycles. The van der Waals surface area contributed by atoms with E-state index in [4.69, 9.17) is 0 Å². The van der Waals surface area contributed by atoms with Gasteiger partial charge in [-0.25, -0.2) is 0 Å². The van der Waals surface area contributed by atoms with Gasteiger partial charge in [-0.1, -0.05) is 18.6 Å². The molecule has 1 saturated heterocycles. The van der Waals surface area contributed by atoms with Crippen LogP contribution in [0.1, 0.15) is 31.2 Å². The summed E-state index contributed by atoms with van der Waals surface area (Å²) in [7, 11) is 0. The van der Waals surface area contributed by atoms with Crippen molar-refractivity contribution >= 4 is 17.5 Å². The molecule has 0 spiro atoms. The van der Waals surface area contributed by atoms with Crippen LogP contribution >= 0.6 is 0 Å². The number of hydrogen-bond donors (Lipinski definition) is 1. The van der Waals surface area contributed by atoms with E-state index in [0.29, 0.717) is 13.0 Å². The summed E-state index contributed by atoms with van der Waals surface area (Å²) in [5, 5.41) is 2.96. The molecule has 0 unspecified atom stereocenters. The fourth-order valence-electron chi connectivity index (χ4n) is 3.05. The number of amides is 2. The fraction of sp³-hybridized carbons (Fsp3) is 0.350. The minimum atomic E-state index is -0.148. The third kappa shape index (κ3) is 4.44. The number of rotatable bonds is 4. The Morgan fingerprint density at radius 1 is 1.12 bits per heavy atom. The summed E-state index contributed by atoms with van der Waals surface area (Å²) in [5.74, 6) is -0.0693. The number of aryl methyl sites for hydroxylation is 1. The summed E-state index contributed by atoms with van der Waals surface area (Å²) in [5.41, 5.74) is 3.84. The molecule has 0 bridgehead atoms. The molecule has 0 aliphatic carbocycles. The second-order valence-corrected chi connectivity index (χ2v) is 6.44. The highest BCUT2D eigenvalue weighted by Gasteiger charge is 2.19. The zero-order chi connectivity index (χ0) is 17.6. The van der Waals surface area contributed by atoms with Crippen LogP contribution in [-0.4, -0.2) is 34.8 Å². The minimum Gasteiger partial charge on any atom is -0.333 e. The lowest BCUT2D eigenvalue weighted by Crippen LogP contribution is -2.37. The van der Waals surface area contributed by atoms with Crippen LogP contribution in [0.2, 0.25) is 0 Å². The van der Waals surface area contributed by atoms with Crippen LogP contribution in [0, 0.1) is 6.92 Å². The first-order chi connectivity index (χ1) is 12.1. The predicted molar refractivity (Wildman–Crippen MR) is 98.1 cm³/mol. The predicted octanol–water partition coefficient (Wildman–Crippen LogP) is 3.40. The van der Waals surface area contributed by atoms with Gasteiger partial charge in [0.2, 0.25) is 11.8 Å². The Morgan fingerprint density at radius 3 is 2.72 bits per heavy atom. The van der Waals surface area contributed by atoms with Crippen LogP contribution < -0.4 is 5.32 Å². The second kappa shape index (κ2) is 7.92. The van der Waals surface area contributed by atoms with Crippen molar-refractivity contribution in [2.75, 3.05) is 18.4 Å². The molecule has 2 aromatic rings. The van der Waals surface area contributed by atoms with Gasteiger partial charge in [0, 0.05) is 31.0 Å². The van der Waals surface area contributed by atoms with Gasteiger partial charge in [-0.3, -0.25) is 14.6 Å². The Bertz CT molecular complexity index is 759. The highest BCUT2D eigenvalue weighted by atomic mass is 16.2. The van der Waals surface area contributed by atoms with E-state index >= 15 is 0 Å². The molecular formula is C20H23N3O2. The molecule has 2 amide bonds. The Hall–Kier alpha value is -2.69. The standard InChI is InChI=1S/C20H23N3O2/c1-15-6-7-17(16-8-10-21-11-9-16)13-18(15)22-19(24)14-23-12-4-2-3-5-20(23)25/h6-11,13H,2-5,12,14H2,1H3,(H,22,24). The van der Waals surface area contributed by atoms with Gasteiger partial charge in [0.15, 0.2) is 0 Å². The van der Waals surface area contributed by atoms with Crippen LogP contribution in [-0.2, 0) is 9.59 Å². The van der Waals surface area contributed by atoms with Crippen molar-refractivity contribution in [1.29, 1.82) is 0 Å². The summed E-state index contributed by atoms with van der Waals surface area (Å²) in [6.45, 7) is 2.75. The number of pyridine rings is 1. The van der Waals surface area contributed by atoms with E-state index in [1.165, 1.54) is 0 Å². The van der Waals surface area contributed by atoms with Gasteiger partial charge < -0.3 is 10.2 Å². The van der Waals surface area contributed by atoms with Crippen molar-refractivity contribution in [3.8, 4) is 11.1 Å². The molecule has 0 atom stereocenters. The van der Waals surface area contributed by atoms with Gasteiger partial charge in [0.1, 0.15) is 0 Å². The van der Waals surface area contributed by atoms with Crippen molar-refractivity contribution in [2.45, 2.75) is 32.6 Å². The number of nitrogens with zero attached hydrogens (tertiary/aromatic N) is 2. The van der Waals surface area contributed by atoms with Gasteiger partial charge in [0.25, 0.3) is 0 Å². The summed E-state index contributed by atoms with van der Waals surface area (Å²) in [4.78, 5) is 30.2. The van der Waals surface area contributed by atoms with E-state index in [1.54, 1.807) is 17.3 Å². The van der Waals surface area contributed by atoms with E-state index in [9.17, 15) is 9.59 Å². The smallest absolute Gasteiger partial charge is 0.244 e. The minimum absolute atomic E-state index is 0.0786. The quantitative estimate of drug-likeness (QED) is 0.930. The number of aromatic nitrogens is 1.